The highest BCUT2D eigenvalue weighted by Crippen LogP contribution is 2.24. The lowest BCUT2D eigenvalue weighted by atomic mass is 10.0. The van der Waals surface area contributed by atoms with Crippen molar-refractivity contribution in [1.82, 2.24) is 14.9 Å². The summed E-state index contributed by atoms with van der Waals surface area (Å²) in [6.45, 7) is 10.7. The first kappa shape index (κ1) is 20.8. The van der Waals surface area contributed by atoms with Gasteiger partial charge in [0.25, 0.3) is 5.91 Å². The van der Waals surface area contributed by atoms with Gasteiger partial charge in [0.15, 0.2) is 0 Å². The number of aromatic nitrogens is 2. The van der Waals surface area contributed by atoms with Gasteiger partial charge in [-0.15, -0.1) is 0 Å². The summed E-state index contributed by atoms with van der Waals surface area (Å²) in [5.41, 5.74) is 6.36. The number of imidazole rings is 1. The first-order chi connectivity index (χ1) is 13.8. The Labute approximate surface area is 174 Å². The smallest absolute Gasteiger partial charge is 0.270 e. The van der Waals surface area contributed by atoms with Crippen LogP contribution >= 0.6 is 0 Å². The molecule has 4 heteroatoms. The first-order valence-corrected chi connectivity index (χ1v) is 10.4. The fourth-order valence-electron chi connectivity index (χ4n) is 3.58. The van der Waals surface area contributed by atoms with Crippen molar-refractivity contribution in [2.75, 3.05) is 0 Å². The fourth-order valence-corrected chi connectivity index (χ4v) is 3.58. The molecule has 1 amide bonds. The van der Waals surface area contributed by atoms with Crippen LogP contribution in [0, 0.1) is 19.8 Å². The third-order valence-corrected chi connectivity index (χ3v) is 5.13. The van der Waals surface area contributed by atoms with Crippen molar-refractivity contribution in [2.45, 2.75) is 53.5 Å². The Morgan fingerprint density at radius 1 is 0.966 bits per heavy atom. The lowest BCUT2D eigenvalue weighted by Gasteiger charge is -2.16. The van der Waals surface area contributed by atoms with Gasteiger partial charge in [-0.25, -0.2) is 4.98 Å². The zero-order valence-corrected chi connectivity index (χ0v) is 18.1. The molecule has 4 nitrogen and oxygen atoms in total. The highest BCUT2D eigenvalue weighted by molar-refractivity contribution is 5.93. The molecule has 0 radical (unpaired) electrons. The second-order valence-corrected chi connectivity index (χ2v) is 8.42. The Bertz CT molecular complexity index is 950. The molecule has 1 N–H and O–H groups in total. The van der Waals surface area contributed by atoms with Crippen LogP contribution in [0.3, 0.4) is 0 Å². The molecule has 0 spiro atoms. The molecule has 0 fully saturated rings. The van der Waals surface area contributed by atoms with Crippen molar-refractivity contribution in [3.8, 4) is 16.8 Å². The quantitative estimate of drug-likeness (QED) is 0.562. The normalized spacial score (nSPS) is 12.2. The Balaban J connectivity index is 1.77. The summed E-state index contributed by atoms with van der Waals surface area (Å²) in [6.07, 6.45) is 5.39. The maximum atomic E-state index is 12.7. The van der Waals surface area contributed by atoms with Crippen LogP contribution < -0.4 is 5.32 Å². The standard InChI is InChI=1S/C25H31N3O/c1-17(2)6-7-20(5)27-25(29)24-15-26-16-28(24)23-10-8-21(9-11-23)22-13-18(3)12-19(4)14-22/h8-17,20H,6-7H2,1-5H3,(H,27,29)/t20-/m0/s1. The van der Waals surface area contributed by atoms with Gasteiger partial charge < -0.3 is 5.32 Å². The zero-order chi connectivity index (χ0) is 21.0. The average Bonchev–Trinajstić information content (AvgIpc) is 3.16. The number of benzene rings is 2. The van der Waals surface area contributed by atoms with Gasteiger partial charge in [-0.05, 0) is 62.8 Å². The van der Waals surface area contributed by atoms with Crippen LogP contribution in [0.15, 0.2) is 55.0 Å². The number of aryl methyl sites for hydroxylation is 2. The van der Waals surface area contributed by atoms with E-state index in [1.165, 1.54) is 16.7 Å². The second kappa shape index (κ2) is 9.08. The lowest BCUT2D eigenvalue weighted by molar-refractivity contribution is 0.0930. The highest BCUT2D eigenvalue weighted by atomic mass is 16.2. The summed E-state index contributed by atoms with van der Waals surface area (Å²) < 4.78 is 1.84. The van der Waals surface area contributed by atoms with Gasteiger partial charge in [0.05, 0.1) is 12.5 Å². The van der Waals surface area contributed by atoms with Gasteiger partial charge in [-0.3, -0.25) is 9.36 Å². The summed E-state index contributed by atoms with van der Waals surface area (Å²) >= 11 is 0. The van der Waals surface area contributed by atoms with Crippen LogP contribution in [0.4, 0.5) is 0 Å². The number of nitrogens with one attached hydrogen (secondary N) is 1. The molecular weight excluding hydrogens is 358 g/mol. The first-order valence-electron chi connectivity index (χ1n) is 10.4. The second-order valence-electron chi connectivity index (χ2n) is 8.42. The molecule has 0 aliphatic carbocycles. The average molecular weight is 390 g/mol. The molecule has 3 rings (SSSR count). The van der Waals surface area contributed by atoms with Gasteiger partial charge in [-0.1, -0.05) is 55.3 Å². The SMILES string of the molecule is Cc1cc(C)cc(-c2ccc(-n3cncc3C(=O)N[C@@H](C)CCC(C)C)cc2)c1. The van der Waals surface area contributed by atoms with E-state index >= 15 is 0 Å². The van der Waals surface area contributed by atoms with E-state index in [0.29, 0.717) is 11.6 Å². The van der Waals surface area contributed by atoms with E-state index in [9.17, 15) is 4.79 Å². The molecule has 0 unspecified atom stereocenters. The molecule has 0 saturated carbocycles. The molecule has 2 aromatic carbocycles. The van der Waals surface area contributed by atoms with Crippen LogP contribution in [-0.4, -0.2) is 21.5 Å². The van der Waals surface area contributed by atoms with E-state index < -0.39 is 0 Å². The number of rotatable bonds is 7. The Kier molecular flexibility index (Phi) is 6.53. The van der Waals surface area contributed by atoms with E-state index in [0.717, 1.165) is 24.1 Å². The largest absolute Gasteiger partial charge is 0.348 e. The van der Waals surface area contributed by atoms with Crippen LogP contribution in [0.2, 0.25) is 0 Å². The maximum absolute atomic E-state index is 12.7. The maximum Gasteiger partial charge on any atom is 0.270 e. The minimum absolute atomic E-state index is 0.0860. The van der Waals surface area contributed by atoms with Crippen molar-refractivity contribution in [3.63, 3.8) is 0 Å². The van der Waals surface area contributed by atoms with E-state index in [1.54, 1.807) is 12.5 Å². The molecule has 29 heavy (non-hydrogen) atoms. The molecule has 1 heterocycles. The van der Waals surface area contributed by atoms with Crippen molar-refractivity contribution < 1.29 is 4.79 Å². The van der Waals surface area contributed by atoms with Crippen LogP contribution in [0.25, 0.3) is 16.8 Å². The van der Waals surface area contributed by atoms with Crippen molar-refractivity contribution in [1.29, 1.82) is 0 Å². The van der Waals surface area contributed by atoms with Gasteiger partial charge in [-0.2, -0.15) is 0 Å². The molecule has 0 saturated heterocycles. The third kappa shape index (κ3) is 5.35. The number of carbonyl (C=O) groups excluding carboxylic acids is 1. The molecule has 0 aliphatic heterocycles. The Morgan fingerprint density at radius 2 is 1.62 bits per heavy atom. The van der Waals surface area contributed by atoms with Crippen molar-refractivity contribution >= 4 is 5.91 Å². The number of carbonyl (C=O) groups is 1. The minimum atomic E-state index is -0.0860. The Hall–Kier alpha value is -2.88. The zero-order valence-electron chi connectivity index (χ0n) is 18.1. The molecule has 152 valence electrons. The summed E-state index contributed by atoms with van der Waals surface area (Å²) in [7, 11) is 0. The number of nitrogens with zero attached hydrogens (tertiary/aromatic N) is 2. The predicted molar refractivity (Wildman–Crippen MR) is 119 cm³/mol. The molecule has 0 aliphatic rings. The summed E-state index contributed by atoms with van der Waals surface area (Å²) in [6, 6.07) is 15.0. The number of hydrogen-bond donors (Lipinski definition) is 1. The van der Waals surface area contributed by atoms with Crippen LogP contribution in [0.5, 0.6) is 0 Å². The predicted octanol–water partition coefficient (Wildman–Crippen LogP) is 5.71. The van der Waals surface area contributed by atoms with Gasteiger partial charge >= 0.3 is 0 Å². The summed E-state index contributed by atoms with van der Waals surface area (Å²) in [4.78, 5) is 17.0. The fraction of sp³-hybridized carbons (Fsp3) is 0.360. The number of hydrogen-bond acceptors (Lipinski definition) is 2. The lowest BCUT2D eigenvalue weighted by Crippen LogP contribution is -2.33. The Morgan fingerprint density at radius 3 is 2.24 bits per heavy atom. The van der Waals surface area contributed by atoms with Gasteiger partial charge in [0.2, 0.25) is 0 Å². The van der Waals surface area contributed by atoms with E-state index in [2.05, 4.69) is 75.3 Å². The molecule has 3 aromatic rings. The molecule has 0 bridgehead atoms. The van der Waals surface area contributed by atoms with Crippen molar-refractivity contribution in [2.24, 2.45) is 5.92 Å². The molecule has 1 atom stereocenters. The topological polar surface area (TPSA) is 46.9 Å². The van der Waals surface area contributed by atoms with Crippen molar-refractivity contribution in [3.05, 3.63) is 71.8 Å². The minimum Gasteiger partial charge on any atom is -0.348 e. The van der Waals surface area contributed by atoms with E-state index in [-0.39, 0.29) is 11.9 Å². The third-order valence-electron chi connectivity index (χ3n) is 5.13. The van der Waals surface area contributed by atoms with Gasteiger partial charge in [0, 0.05) is 11.7 Å². The van der Waals surface area contributed by atoms with Crippen LogP contribution in [0.1, 0.15) is 55.2 Å². The number of amides is 1. The van der Waals surface area contributed by atoms with Gasteiger partial charge in [0.1, 0.15) is 5.69 Å². The highest BCUT2D eigenvalue weighted by Gasteiger charge is 2.15. The molecular formula is C25H31N3O. The van der Waals surface area contributed by atoms with Crippen LogP contribution in [-0.2, 0) is 0 Å². The monoisotopic (exact) mass is 389 g/mol. The van der Waals surface area contributed by atoms with E-state index in [4.69, 9.17) is 0 Å². The summed E-state index contributed by atoms with van der Waals surface area (Å²) in [5, 5.41) is 3.10. The van der Waals surface area contributed by atoms with E-state index in [1.807, 2.05) is 16.7 Å². The summed E-state index contributed by atoms with van der Waals surface area (Å²) in [5.74, 6) is 0.549. The molecule has 1 aromatic heterocycles.